The Morgan fingerprint density at radius 2 is 1.90 bits per heavy atom. The van der Waals surface area contributed by atoms with Crippen LogP contribution in [0.1, 0.15) is 29.9 Å². The Kier molecular flexibility index (Phi) is 5.78. The predicted octanol–water partition coefficient (Wildman–Crippen LogP) is 4.56. The molecule has 0 radical (unpaired) electrons. The maximum Gasteiger partial charge on any atom is 0.435 e. The quantitative estimate of drug-likeness (QED) is 0.552. The molecule has 2 heterocycles. The third kappa shape index (κ3) is 4.84. The van der Waals surface area contributed by atoms with Crippen LogP contribution in [0.5, 0.6) is 0 Å². The summed E-state index contributed by atoms with van der Waals surface area (Å²) >= 11 is 3.29. The second-order valence-electron chi connectivity index (χ2n) is 6.43. The molecule has 1 atom stereocenters. The number of nitrogens with zero attached hydrogens (tertiary/aromatic N) is 4. The number of halogens is 5. The summed E-state index contributed by atoms with van der Waals surface area (Å²) in [6.07, 6.45) is -2.96. The maximum atomic E-state index is 13.0. The number of aryl methyl sites for hydroxylation is 1. The van der Waals surface area contributed by atoms with E-state index in [1.54, 1.807) is 23.0 Å². The number of aromatic nitrogens is 4. The number of rotatable bonds is 5. The van der Waals surface area contributed by atoms with Crippen molar-refractivity contribution in [2.75, 3.05) is 5.32 Å². The zero-order valence-electron chi connectivity index (χ0n) is 15.3. The SMILES string of the molecule is Cc1cc(C(F)(F)F)nn1C(C)C(=O)Nc1nn(Cc2ccc(F)cc2)cc1Br. The minimum Gasteiger partial charge on any atom is -0.306 e. The van der Waals surface area contributed by atoms with Crippen LogP contribution in [0.25, 0.3) is 0 Å². The molecule has 154 valence electrons. The number of alkyl halides is 3. The molecule has 11 heteroatoms. The van der Waals surface area contributed by atoms with Crippen molar-refractivity contribution in [1.29, 1.82) is 0 Å². The van der Waals surface area contributed by atoms with Crippen molar-refractivity contribution >= 4 is 27.7 Å². The Labute approximate surface area is 171 Å². The molecule has 1 N–H and O–H groups in total. The topological polar surface area (TPSA) is 64.7 Å². The summed E-state index contributed by atoms with van der Waals surface area (Å²) in [4.78, 5) is 12.5. The number of carbonyl (C=O) groups is 1. The molecule has 0 saturated heterocycles. The molecule has 29 heavy (non-hydrogen) atoms. The number of hydrogen-bond acceptors (Lipinski definition) is 3. The van der Waals surface area contributed by atoms with Crippen LogP contribution in [0.4, 0.5) is 23.4 Å². The van der Waals surface area contributed by atoms with E-state index in [0.717, 1.165) is 16.3 Å². The smallest absolute Gasteiger partial charge is 0.306 e. The second kappa shape index (κ2) is 7.97. The van der Waals surface area contributed by atoms with Gasteiger partial charge in [-0.2, -0.15) is 23.4 Å². The van der Waals surface area contributed by atoms with E-state index in [2.05, 4.69) is 31.4 Å². The first kappa shape index (κ1) is 21.0. The van der Waals surface area contributed by atoms with Gasteiger partial charge in [0.15, 0.2) is 11.5 Å². The molecular weight excluding hydrogens is 458 g/mol. The molecular formula is C18H16BrF4N5O. The van der Waals surface area contributed by atoms with Gasteiger partial charge in [0.25, 0.3) is 0 Å². The highest BCUT2D eigenvalue weighted by Gasteiger charge is 2.35. The van der Waals surface area contributed by atoms with Crippen molar-refractivity contribution in [3.63, 3.8) is 0 Å². The van der Waals surface area contributed by atoms with Crippen LogP contribution in [0, 0.1) is 12.7 Å². The van der Waals surface area contributed by atoms with Crippen molar-refractivity contribution in [2.45, 2.75) is 32.6 Å². The molecule has 1 aromatic carbocycles. The lowest BCUT2D eigenvalue weighted by Crippen LogP contribution is -2.26. The van der Waals surface area contributed by atoms with E-state index in [1.165, 1.54) is 26.0 Å². The molecule has 3 rings (SSSR count). The molecule has 0 bridgehead atoms. The van der Waals surface area contributed by atoms with Crippen molar-refractivity contribution in [1.82, 2.24) is 19.6 Å². The molecule has 3 aromatic rings. The van der Waals surface area contributed by atoms with Crippen LogP contribution in [-0.4, -0.2) is 25.5 Å². The van der Waals surface area contributed by atoms with Crippen molar-refractivity contribution < 1.29 is 22.4 Å². The summed E-state index contributed by atoms with van der Waals surface area (Å²) in [7, 11) is 0. The average molecular weight is 474 g/mol. The van der Waals surface area contributed by atoms with E-state index in [-0.39, 0.29) is 17.3 Å². The molecule has 1 unspecified atom stereocenters. The maximum absolute atomic E-state index is 13.0. The standard InChI is InChI=1S/C18H16BrF4N5O/c1-10-7-15(18(21,22)23)25-28(10)11(2)17(29)24-16-14(19)9-27(26-16)8-12-3-5-13(20)6-4-12/h3-7,9,11H,8H2,1-2H3,(H,24,26,29). The molecule has 6 nitrogen and oxygen atoms in total. The van der Waals surface area contributed by atoms with Crippen LogP contribution >= 0.6 is 15.9 Å². The fraction of sp³-hybridized carbons (Fsp3) is 0.278. The van der Waals surface area contributed by atoms with Crippen LogP contribution in [0.3, 0.4) is 0 Å². The highest BCUT2D eigenvalue weighted by molar-refractivity contribution is 9.10. The van der Waals surface area contributed by atoms with E-state index < -0.39 is 23.8 Å². The van der Waals surface area contributed by atoms with Gasteiger partial charge in [0.2, 0.25) is 5.91 Å². The average Bonchev–Trinajstić information content (AvgIpc) is 3.19. The highest BCUT2D eigenvalue weighted by atomic mass is 79.9. The minimum atomic E-state index is -4.59. The molecule has 2 aromatic heterocycles. The van der Waals surface area contributed by atoms with Crippen molar-refractivity contribution in [2.24, 2.45) is 0 Å². The van der Waals surface area contributed by atoms with Crippen molar-refractivity contribution in [3.05, 3.63) is 63.8 Å². The number of anilines is 1. The number of nitrogens with one attached hydrogen (secondary N) is 1. The molecule has 0 aliphatic heterocycles. The Balaban J connectivity index is 1.73. The van der Waals surface area contributed by atoms with E-state index >= 15 is 0 Å². The van der Waals surface area contributed by atoms with Crippen molar-refractivity contribution in [3.8, 4) is 0 Å². The lowest BCUT2D eigenvalue weighted by molar-refractivity contribution is -0.141. The molecule has 0 spiro atoms. The predicted molar refractivity (Wildman–Crippen MR) is 101 cm³/mol. The number of amides is 1. The fourth-order valence-electron chi connectivity index (χ4n) is 2.69. The van der Waals surface area contributed by atoms with Gasteiger partial charge in [0.05, 0.1) is 11.0 Å². The number of benzene rings is 1. The van der Waals surface area contributed by atoms with Crippen LogP contribution in [0.15, 0.2) is 41.0 Å². The minimum absolute atomic E-state index is 0.209. The van der Waals surface area contributed by atoms with Gasteiger partial charge in [0, 0.05) is 11.9 Å². The zero-order valence-corrected chi connectivity index (χ0v) is 16.9. The molecule has 0 aliphatic carbocycles. The highest BCUT2D eigenvalue weighted by Crippen LogP contribution is 2.29. The zero-order chi connectivity index (χ0) is 21.3. The summed E-state index contributed by atoms with van der Waals surface area (Å²) in [5, 5.41) is 10.3. The summed E-state index contributed by atoms with van der Waals surface area (Å²) in [5.74, 6) is -0.706. The van der Waals surface area contributed by atoms with E-state index in [4.69, 9.17) is 0 Å². The van der Waals surface area contributed by atoms with Gasteiger partial charge in [-0.05, 0) is 53.5 Å². The lowest BCUT2D eigenvalue weighted by atomic mass is 10.2. The fourth-order valence-corrected chi connectivity index (χ4v) is 3.10. The Hall–Kier alpha value is -2.69. The van der Waals surface area contributed by atoms with E-state index in [1.807, 2.05) is 0 Å². The van der Waals surface area contributed by atoms with E-state index in [0.29, 0.717) is 11.0 Å². The van der Waals surface area contributed by atoms with Crippen LogP contribution in [0.2, 0.25) is 0 Å². The van der Waals surface area contributed by atoms with Gasteiger partial charge < -0.3 is 5.32 Å². The van der Waals surface area contributed by atoms with Gasteiger partial charge in [-0.25, -0.2) is 4.39 Å². The van der Waals surface area contributed by atoms with Gasteiger partial charge >= 0.3 is 6.18 Å². The lowest BCUT2D eigenvalue weighted by Gasteiger charge is -2.13. The van der Waals surface area contributed by atoms with Crippen LogP contribution < -0.4 is 5.32 Å². The number of carbonyl (C=O) groups excluding carboxylic acids is 1. The van der Waals surface area contributed by atoms with Gasteiger partial charge in [-0.1, -0.05) is 12.1 Å². The summed E-state index contributed by atoms with van der Waals surface area (Å²) in [6.45, 7) is 3.23. The number of hydrogen-bond donors (Lipinski definition) is 1. The molecule has 1 amide bonds. The van der Waals surface area contributed by atoms with Crippen LogP contribution in [-0.2, 0) is 17.5 Å². The van der Waals surface area contributed by atoms with E-state index in [9.17, 15) is 22.4 Å². The first-order chi connectivity index (χ1) is 13.5. The molecule has 0 saturated carbocycles. The van der Waals surface area contributed by atoms with Gasteiger partial charge in [0.1, 0.15) is 11.9 Å². The third-order valence-electron chi connectivity index (χ3n) is 4.18. The first-order valence-corrected chi connectivity index (χ1v) is 9.25. The second-order valence-corrected chi connectivity index (χ2v) is 7.28. The van der Waals surface area contributed by atoms with Gasteiger partial charge in [-0.3, -0.25) is 14.2 Å². The Morgan fingerprint density at radius 1 is 1.24 bits per heavy atom. The first-order valence-electron chi connectivity index (χ1n) is 8.46. The van der Waals surface area contributed by atoms with Gasteiger partial charge in [-0.15, -0.1) is 0 Å². The third-order valence-corrected chi connectivity index (χ3v) is 4.76. The largest absolute Gasteiger partial charge is 0.435 e. The Morgan fingerprint density at radius 3 is 2.48 bits per heavy atom. The summed E-state index contributed by atoms with van der Waals surface area (Å²) in [5.41, 5.74) is -0.0419. The summed E-state index contributed by atoms with van der Waals surface area (Å²) < 4.78 is 54.5. The normalized spacial score (nSPS) is 12.8. The Bertz CT molecular complexity index is 1030. The monoisotopic (exact) mass is 473 g/mol. The molecule has 0 aliphatic rings. The molecule has 0 fully saturated rings. The summed E-state index contributed by atoms with van der Waals surface area (Å²) in [6, 6.07) is 5.80.